The SMILES string of the molecule is CO[C@H]1C[C@@H](O[C@@H]2[C@H](C)O[C@@H](O[C@@H]3/C(C)=C/C[C@@H]4C[C@H](C[C@@]5(C=C[C@@H](C)[C@H](C(C)C)O5)O4)OC(=O)[C@H]4C=C(C)[C@@H](O)[C@H]5OC/C(=C\C=C\[C@H]3C)[C@]45O)C[C@@H]2OC)O[C@@H](C)[C@H]1O. The van der Waals surface area contributed by atoms with Crippen molar-refractivity contribution in [2.45, 2.75) is 185 Å². The van der Waals surface area contributed by atoms with Gasteiger partial charge in [0.15, 0.2) is 18.4 Å². The van der Waals surface area contributed by atoms with Gasteiger partial charge in [0.1, 0.15) is 42.0 Å². The fourth-order valence-corrected chi connectivity index (χ4v) is 10.4. The number of aliphatic hydroxyl groups is 3. The quantitative estimate of drug-likeness (QED) is 0.231. The molecule has 61 heavy (non-hydrogen) atoms. The van der Waals surface area contributed by atoms with E-state index < -0.39 is 90.8 Å². The van der Waals surface area contributed by atoms with Crippen LogP contribution < -0.4 is 0 Å². The van der Waals surface area contributed by atoms with Gasteiger partial charge in [-0.2, -0.15) is 0 Å². The first-order valence-electron chi connectivity index (χ1n) is 22.3. The number of esters is 1. The van der Waals surface area contributed by atoms with E-state index in [-0.39, 0.29) is 42.7 Å². The lowest BCUT2D eigenvalue weighted by atomic mass is 9.71. The Bertz CT molecular complexity index is 1710. The first-order valence-corrected chi connectivity index (χ1v) is 22.3. The van der Waals surface area contributed by atoms with E-state index in [9.17, 15) is 20.1 Å². The molecule has 0 aromatic carbocycles. The molecule has 4 fully saturated rings. The molecule has 0 amide bonds. The number of fused-ring (bicyclic) bond motifs is 2. The van der Waals surface area contributed by atoms with Crippen molar-refractivity contribution >= 4 is 5.97 Å². The molecule has 3 N–H and O–H groups in total. The fourth-order valence-electron chi connectivity index (χ4n) is 10.4. The van der Waals surface area contributed by atoms with E-state index in [2.05, 4.69) is 39.8 Å². The number of aliphatic hydroxyl groups excluding tert-OH is 2. The molecule has 6 heterocycles. The summed E-state index contributed by atoms with van der Waals surface area (Å²) >= 11 is 0. The van der Waals surface area contributed by atoms with Gasteiger partial charge in [0, 0.05) is 51.7 Å². The number of hydrogen-bond acceptors (Lipinski definition) is 14. The van der Waals surface area contributed by atoms with Crippen LogP contribution in [-0.2, 0) is 52.2 Å². The first kappa shape index (κ1) is 46.7. The lowest BCUT2D eigenvalue weighted by molar-refractivity contribution is -0.318. The minimum atomic E-state index is -1.83. The number of methoxy groups -OCH3 is 2. The van der Waals surface area contributed by atoms with E-state index >= 15 is 0 Å². The zero-order valence-corrected chi connectivity index (χ0v) is 37.5. The topological polar surface area (TPSA) is 170 Å². The maximum absolute atomic E-state index is 14.3. The van der Waals surface area contributed by atoms with E-state index in [4.69, 9.17) is 47.4 Å². The highest BCUT2D eigenvalue weighted by Gasteiger charge is 2.60. The third-order valence-corrected chi connectivity index (χ3v) is 14.0. The lowest BCUT2D eigenvalue weighted by Crippen LogP contribution is -2.58. The monoisotopic (exact) mass is 858 g/mol. The fraction of sp³-hybridized carbons (Fsp3) is 0.766. The highest BCUT2D eigenvalue weighted by atomic mass is 16.7. The highest BCUT2D eigenvalue weighted by Crippen LogP contribution is 2.47. The van der Waals surface area contributed by atoms with Gasteiger partial charge in [-0.05, 0) is 62.8 Å². The van der Waals surface area contributed by atoms with Crippen molar-refractivity contribution in [3.63, 3.8) is 0 Å². The summed E-state index contributed by atoms with van der Waals surface area (Å²) in [6.45, 7) is 16.0. The van der Waals surface area contributed by atoms with Crippen LogP contribution in [0.5, 0.6) is 0 Å². The van der Waals surface area contributed by atoms with Crippen molar-refractivity contribution in [1.29, 1.82) is 0 Å². The third-order valence-electron chi connectivity index (χ3n) is 14.0. The molecule has 0 aromatic rings. The van der Waals surface area contributed by atoms with E-state index in [1.807, 2.05) is 32.1 Å². The Balaban J connectivity index is 1.18. The van der Waals surface area contributed by atoms with E-state index in [0.717, 1.165) is 5.57 Å². The molecule has 1 aliphatic carbocycles. The van der Waals surface area contributed by atoms with E-state index in [1.165, 1.54) is 0 Å². The van der Waals surface area contributed by atoms with Gasteiger partial charge < -0.3 is 62.7 Å². The summed E-state index contributed by atoms with van der Waals surface area (Å²) in [4.78, 5) is 14.3. The molecule has 7 rings (SSSR count). The largest absolute Gasteiger partial charge is 0.462 e. The Morgan fingerprint density at radius 1 is 0.852 bits per heavy atom. The predicted octanol–water partition coefficient (Wildman–Crippen LogP) is 4.99. The van der Waals surface area contributed by atoms with Gasteiger partial charge in [-0.3, -0.25) is 4.79 Å². The van der Waals surface area contributed by atoms with Gasteiger partial charge in [-0.1, -0.05) is 64.2 Å². The molecular formula is C47H70O14. The molecule has 0 aromatic heterocycles. The van der Waals surface area contributed by atoms with Crippen molar-refractivity contribution in [2.24, 2.45) is 23.7 Å². The molecule has 342 valence electrons. The van der Waals surface area contributed by atoms with Gasteiger partial charge in [0.25, 0.3) is 0 Å². The zero-order chi connectivity index (χ0) is 44.0. The molecular weight excluding hydrogens is 789 g/mol. The molecule has 6 aliphatic heterocycles. The molecule has 2 bridgehead atoms. The van der Waals surface area contributed by atoms with Crippen LogP contribution in [0.25, 0.3) is 0 Å². The smallest absolute Gasteiger partial charge is 0.316 e. The van der Waals surface area contributed by atoms with E-state index in [0.29, 0.717) is 43.3 Å². The summed E-state index contributed by atoms with van der Waals surface area (Å²) in [7, 11) is 3.22. The Hall–Kier alpha value is -2.31. The average molecular weight is 859 g/mol. The minimum Gasteiger partial charge on any atom is -0.462 e. The average Bonchev–Trinajstić information content (AvgIpc) is 3.56. The van der Waals surface area contributed by atoms with Crippen LogP contribution in [-0.4, -0.2) is 139 Å². The van der Waals surface area contributed by atoms with E-state index in [1.54, 1.807) is 40.2 Å². The van der Waals surface area contributed by atoms with Gasteiger partial charge in [-0.15, -0.1) is 0 Å². The van der Waals surface area contributed by atoms with Gasteiger partial charge >= 0.3 is 5.97 Å². The zero-order valence-electron chi connectivity index (χ0n) is 37.5. The third kappa shape index (κ3) is 9.58. The second-order valence-corrected chi connectivity index (χ2v) is 18.8. The minimum absolute atomic E-state index is 0.0313. The Morgan fingerprint density at radius 3 is 2.28 bits per heavy atom. The summed E-state index contributed by atoms with van der Waals surface area (Å²) < 4.78 is 63.5. The van der Waals surface area contributed by atoms with Crippen LogP contribution in [0.4, 0.5) is 0 Å². The number of allylic oxidation sites excluding steroid dienone is 2. The second kappa shape index (κ2) is 19.0. The number of ether oxygens (including phenoxy) is 10. The standard InChI is InChI=1S/C47H70O14/c1-24(2)41-27(5)16-17-46(61-41)22-33-19-32(60-46)15-14-26(4)42(25(3)12-11-13-31-23-54-44-39(48)28(6)18-34(45(50)57-33)47(31,44)51)58-38-21-36(53-10)43(30(8)56-38)59-37-20-35(52-9)40(49)29(7)55-37/h11-14,16-18,24-25,27,29-30,32-44,48-49,51H,15,19-23H2,1-10H3/b12-11+,26-14+,31-13+/t25-,27-,29+,30+,32-,33-,34-,35+,36+,37-,38+,39-,40-,41+,42+,43-,44-,46+,47+/m1/s1. The van der Waals surface area contributed by atoms with Gasteiger partial charge in [0.05, 0.1) is 49.3 Å². The summed E-state index contributed by atoms with van der Waals surface area (Å²) in [6, 6.07) is 0. The van der Waals surface area contributed by atoms with Crippen LogP contribution in [0.15, 0.2) is 59.3 Å². The summed E-state index contributed by atoms with van der Waals surface area (Å²) in [5, 5.41) is 34.2. The van der Waals surface area contributed by atoms with Crippen molar-refractivity contribution in [1.82, 2.24) is 0 Å². The molecule has 7 aliphatic rings. The molecule has 0 saturated carbocycles. The van der Waals surface area contributed by atoms with Crippen LogP contribution in [0.3, 0.4) is 0 Å². The summed E-state index contributed by atoms with van der Waals surface area (Å²) in [5.41, 5.74) is 0.129. The van der Waals surface area contributed by atoms with Gasteiger partial charge in [0.2, 0.25) is 0 Å². The Kier molecular flexibility index (Phi) is 14.6. The van der Waals surface area contributed by atoms with Crippen LogP contribution in [0, 0.1) is 23.7 Å². The maximum Gasteiger partial charge on any atom is 0.316 e. The van der Waals surface area contributed by atoms with Crippen molar-refractivity contribution in [3.8, 4) is 0 Å². The summed E-state index contributed by atoms with van der Waals surface area (Å²) in [6.07, 6.45) is 7.54. The van der Waals surface area contributed by atoms with Crippen molar-refractivity contribution in [3.05, 3.63) is 59.3 Å². The van der Waals surface area contributed by atoms with Crippen LogP contribution in [0.1, 0.15) is 87.5 Å². The highest BCUT2D eigenvalue weighted by molar-refractivity contribution is 5.78. The van der Waals surface area contributed by atoms with Gasteiger partial charge in [-0.25, -0.2) is 0 Å². The number of rotatable bonds is 7. The first-order chi connectivity index (χ1) is 29.0. The molecule has 14 nitrogen and oxygen atoms in total. The number of carbonyl (C=O) groups is 1. The van der Waals surface area contributed by atoms with Crippen LogP contribution in [0.2, 0.25) is 0 Å². The normalized spacial score (nSPS) is 49.3. The molecule has 1 spiro atoms. The molecule has 0 radical (unpaired) electrons. The molecule has 4 saturated heterocycles. The van der Waals surface area contributed by atoms with Crippen molar-refractivity contribution in [2.75, 3.05) is 20.8 Å². The Labute approximate surface area is 361 Å². The van der Waals surface area contributed by atoms with Crippen molar-refractivity contribution < 1.29 is 67.5 Å². The molecule has 14 heteroatoms. The predicted molar refractivity (Wildman–Crippen MR) is 223 cm³/mol. The molecule has 19 atom stereocenters. The maximum atomic E-state index is 14.3. The van der Waals surface area contributed by atoms with Crippen LogP contribution >= 0.6 is 0 Å². The molecule has 0 unspecified atom stereocenters. The number of hydrogen-bond donors (Lipinski definition) is 3. The Morgan fingerprint density at radius 2 is 1.56 bits per heavy atom. The lowest BCUT2D eigenvalue weighted by Gasteiger charge is -2.48. The number of carbonyl (C=O) groups excluding carboxylic acids is 1. The summed E-state index contributed by atoms with van der Waals surface area (Å²) in [5.74, 6) is -2.62. The second-order valence-electron chi connectivity index (χ2n) is 18.8.